The Kier molecular flexibility index (Phi) is 10.8. The Morgan fingerprint density at radius 1 is 1.21 bits per heavy atom. The van der Waals surface area contributed by atoms with Crippen molar-refractivity contribution in [2.45, 2.75) is 40.4 Å². The predicted molar refractivity (Wildman–Crippen MR) is 111 cm³/mol. The molecule has 1 aromatic rings. The molecule has 2 N–H and O–H groups in total. The van der Waals surface area contributed by atoms with Crippen LogP contribution in [0.1, 0.15) is 33.3 Å². The molecule has 4 atom stereocenters. The summed E-state index contributed by atoms with van der Waals surface area (Å²) in [4.78, 5) is 12.7. The topological polar surface area (TPSA) is 76.0 Å². The van der Waals surface area contributed by atoms with Crippen molar-refractivity contribution >= 4 is 5.78 Å². The van der Waals surface area contributed by atoms with Crippen LogP contribution in [0.2, 0.25) is 0 Å². The van der Waals surface area contributed by atoms with Gasteiger partial charge in [-0.15, -0.1) is 0 Å². The number of carbonyl (C=O) groups is 1. The zero-order valence-corrected chi connectivity index (χ0v) is 17.6. The van der Waals surface area contributed by atoms with Gasteiger partial charge in [0, 0.05) is 5.92 Å². The van der Waals surface area contributed by atoms with Gasteiger partial charge in [0.1, 0.15) is 11.5 Å². The number of carbonyl (C=O) groups excluding carboxylic acids is 1. The number of ether oxygens (including phenoxy) is 2. The molecule has 0 aliphatic heterocycles. The lowest BCUT2D eigenvalue weighted by atomic mass is 9.86. The van der Waals surface area contributed by atoms with Crippen LogP contribution in [0.3, 0.4) is 0 Å². The normalized spacial score (nSPS) is 16.6. The molecule has 156 valence electrons. The zero-order chi connectivity index (χ0) is 21.1. The quantitative estimate of drug-likeness (QED) is 0.534. The van der Waals surface area contributed by atoms with Gasteiger partial charge in [0.25, 0.3) is 0 Å². The van der Waals surface area contributed by atoms with Crippen LogP contribution < -0.4 is 4.74 Å². The van der Waals surface area contributed by atoms with Gasteiger partial charge < -0.3 is 19.7 Å². The fraction of sp³-hybridized carbons (Fsp3) is 0.522. The first-order chi connectivity index (χ1) is 13.3. The Hall–Kier alpha value is -1.95. The van der Waals surface area contributed by atoms with Crippen LogP contribution in [0.4, 0.5) is 0 Å². The van der Waals surface area contributed by atoms with E-state index in [9.17, 15) is 15.0 Å². The van der Waals surface area contributed by atoms with Gasteiger partial charge in [0.05, 0.1) is 39.0 Å². The van der Waals surface area contributed by atoms with E-state index in [4.69, 9.17) is 9.47 Å². The van der Waals surface area contributed by atoms with Gasteiger partial charge in [0.15, 0.2) is 0 Å². The average molecular weight is 391 g/mol. The number of aliphatic hydroxyl groups is 2. The SMILES string of the molecule is C/C=C\[C@H](C)/C=C(\C)[C@@H](O)[C@@H](CO)C(=O)[C@H](C)COCc1ccc(OC)cc1. The number of allylic oxidation sites excluding steroid dienone is 3. The van der Waals surface area contributed by atoms with Gasteiger partial charge in [-0.3, -0.25) is 4.79 Å². The number of ketones is 1. The standard InChI is InChI=1S/C23H34O5/c1-6-7-16(2)12-17(3)22(25)21(13-24)23(26)18(4)14-28-15-19-8-10-20(27-5)11-9-19/h6-12,16,18,21-22,24-25H,13-15H2,1-5H3/b7-6-,17-12+/t16-,18+,21+,22+/m0/s1. The summed E-state index contributed by atoms with van der Waals surface area (Å²) >= 11 is 0. The second-order valence-corrected chi connectivity index (χ2v) is 7.20. The van der Waals surface area contributed by atoms with Crippen molar-refractivity contribution in [2.75, 3.05) is 20.3 Å². The Balaban J connectivity index is 2.62. The number of benzene rings is 1. The molecular weight excluding hydrogens is 356 g/mol. The number of rotatable bonds is 12. The molecule has 1 aromatic carbocycles. The molecule has 0 heterocycles. The monoisotopic (exact) mass is 390 g/mol. The van der Waals surface area contributed by atoms with Gasteiger partial charge >= 0.3 is 0 Å². The first kappa shape index (κ1) is 24.1. The van der Waals surface area contributed by atoms with E-state index < -0.39 is 24.5 Å². The molecule has 0 aliphatic rings. The molecule has 28 heavy (non-hydrogen) atoms. The molecule has 0 saturated heterocycles. The second kappa shape index (κ2) is 12.5. The molecule has 0 saturated carbocycles. The van der Waals surface area contributed by atoms with Crippen LogP contribution >= 0.6 is 0 Å². The van der Waals surface area contributed by atoms with Crippen molar-refractivity contribution in [1.29, 1.82) is 0 Å². The highest BCUT2D eigenvalue weighted by Gasteiger charge is 2.30. The molecule has 0 aromatic heterocycles. The first-order valence-electron chi connectivity index (χ1n) is 9.68. The van der Waals surface area contributed by atoms with Crippen molar-refractivity contribution in [3.63, 3.8) is 0 Å². The summed E-state index contributed by atoms with van der Waals surface area (Å²) in [5, 5.41) is 20.2. The fourth-order valence-corrected chi connectivity index (χ4v) is 3.06. The average Bonchev–Trinajstić information content (AvgIpc) is 2.68. The van der Waals surface area contributed by atoms with Crippen LogP contribution in [-0.4, -0.2) is 42.4 Å². The largest absolute Gasteiger partial charge is 0.497 e. The van der Waals surface area contributed by atoms with E-state index in [0.29, 0.717) is 12.2 Å². The highest BCUT2D eigenvalue weighted by molar-refractivity contribution is 5.84. The summed E-state index contributed by atoms with van der Waals surface area (Å²) < 4.78 is 10.8. The number of hydrogen-bond donors (Lipinski definition) is 2. The van der Waals surface area contributed by atoms with E-state index in [2.05, 4.69) is 0 Å². The highest BCUT2D eigenvalue weighted by atomic mass is 16.5. The zero-order valence-electron chi connectivity index (χ0n) is 17.6. The summed E-state index contributed by atoms with van der Waals surface area (Å²) in [5.41, 5.74) is 1.67. The summed E-state index contributed by atoms with van der Waals surface area (Å²) in [7, 11) is 1.61. The molecule has 0 fully saturated rings. The van der Waals surface area contributed by atoms with Gasteiger partial charge in [-0.25, -0.2) is 0 Å². The van der Waals surface area contributed by atoms with Crippen LogP contribution in [0.15, 0.2) is 48.1 Å². The Morgan fingerprint density at radius 3 is 2.39 bits per heavy atom. The third-order valence-electron chi connectivity index (χ3n) is 4.71. The highest BCUT2D eigenvalue weighted by Crippen LogP contribution is 2.20. The van der Waals surface area contributed by atoms with Crippen LogP contribution in [0.5, 0.6) is 5.75 Å². The minimum atomic E-state index is -1.01. The lowest BCUT2D eigenvalue weighted by Gasteiger charge is -2.24. The van der Waals surface area contributed by atoms with Crippen molar-refractivity contribution in [3.05, 3.63) is 53.6 Å². The minimum Gasteiger partial charge on any atom is -0.497 e. The summed E-state index contributed by atoms with van der Waals surface area (Å²) in [6.07, 6.45) is 4.85. The van der Waals surface area contributed by atoms with Crippen LogP contribution in [0.25, 0.3) is 0 Å². The molecule has 1 rings (SSSR count). The minimum absolute atomic E-state index is 0.152. The van der Waals surface area contributed by atoms with Gasteiger partial charge in [-0.1, -0.05) is 44.2 Å². The summed E-state index contributed by atoms with van der Waals surface area (Å²) in [5.74, 6) is -0.547. The molecule has 0 unspecified atom stereocenters. The van der Waals surface area contributed by atoms with Crippen molar-refractivity contribution in [3.8, 4) is 5.75 Å². The molecule has 0 amide bonds. The van der Waals surface area contributed by atoms with E-state index in [1.165, 1.54) is 0 Å². The maximum atomic E-state index is 12.7. The second-order valence-electron chi connectivity index (χ2n) is 7.20. The first-order valence-corrected chi connectivity index (χ1v) is 9.68. The predicted octanol–water partition coefficient (Wildman–Crippen LogP) is 3.54. The molecule has 0 spiro atoms. The fourth-order valence-electron chi connectivity index (χ4n) is 3.06. The van der Waals surface area contributed by atoms with E-state index in [0.717, 1.165) is 11.3 Å². The number of aliphatic hydroxyl groups excluding tert-OH is 2. The molecular formula is C23H34O5. The lowest BCUT2D eigenvalue weighted by molar-refractivity contribution is -0.132. The van der Waals surface area contributed by atoms with E-state index >= 15 is 0 Å². The third-order valence-corrected chi connectivity index (χ3v) is 4.71. The van der Waals surface area contributed by atoms with E-state index in [1.807, 2.05) is 56.3 Å². The number of Topliss-reactive ketones (excluding diaryl/α,β-unsaturated/α-hetero) is 1. The maximum absolute atomic E-state index is 12.7. The molecule has 0 aliphatic carbocycles. The van der Waals surface area contributed by atoms with E-state index in [-0.39, 0.29) is 18.3 Å². The van der Waals surface area contributed by atoms with Crippen LogP contribution in [-0.2, 0) is 16.1 Å². The smallest absolute Gasteiger partial charge is 0.146 e. The molecule has 0 bridgehead atoms. The van der Waals surface area contributed by atoms with Crippen molar-refractivity contribution in [1.82, 2.24) is 0 Å². The van der Waals surface area contributed by atoms with Crippen LogP contribution in [0, 0.1) is 17.8 Å². The van der Waals surface area contributed by atoms with Crippen molar-refractivity contribution < 1.29 is 24.5 Å². The molecule has 5 heteroatoms. The molecule has 5 nitrogen and oxygen atoms in total. The number of methoxy groups -OCH3 is 1. The van der Waals surface area contributed by atoms with E-state index in [1.54, 1.807) is 21.0 Å². The molecule has 0 radical (unpaired) electrons. The van der Waals surface area contributed by atoms with Gasteiger partial charge in [0.2, 0.25) is 0 Å². The third kappa shape index (κ3) is 7.58. The Labute approximate surface area is 168 Å². The Morgan fingerprint density at radius 2 is 1.86 bits per heavy atom. The summed E-state index contributed by atoms with van der Waals surface area (Å²) in [6.45, 7) is 7.69. The van der Waals surface area contributed by atoms with Gasteiger partial charge in [-0.2, -0.15) is 0 Å². The van der Waals surface area contributed by atoms with Crippen molar-refractivity contribution in [2.24, 2.45) is 17.8 Å². The lowest BCUT2D eigenvalue weighted by Crippen LogP contribution is -2.37. The summed E-state index contributed by atoms with van der Waals surface area (Å²) in [6, 6.07) is 7.53. The number of hydrogen-bond acceptors (Lipinski definition) is 5. The Bertz CT molecular complexity index is 647. The maximum Gasteiger partial charge on any atom is 0.146 e. The van der Waals surface area contributed by atoms with Gasteiger partial charge in [-0.05, 0) is 43.0 Å².